The third-order valence-electron chi connectivity index (χ3n) is 4.74. The number of hydrogen-bond donors (Lipinski definition) is 0. The summed E-state index contributed by atoms with van der Waals surface area (Å²) < 4.78 is 7.36. The lowest BCUT2D eigenvalue weighted by Crippen LogP contribution is -2.32. The van der Waals surface area contributed by atoms with E-state index in [1.807, 2.05) is 78.0 Å². The fourth-order valence-electron chi connectivity index (χ4n) is 3.03. The molecule has 0 N–H and O–H groups in total. The number of ether oxygens (including phenoxy) is 1. The summed E-state index contributed by atoms with van der Waals surface area (Å²) in [6.07, 6.45) is 8.74. The van der Waals surface area contributed by atoms with E-state index in [0.717, 1.165) is 29.1 Å². The fraction of sp³-hybridized carbons (Fsp3) is 0.217. The van der Waals surface area contributed by atoms with Crippen LogP contribution in [0.15, 0.2) is 76.9 Å². The number of nitrogens with zero attached hydrogens (tertiary/aromatic N) is 5. The number of hydrogen-bond acceptors (Lipinski definition) is 6. The third kappa shape index (κ3) is 5.86. The van der Waals surface area contributed by atoms with Crippen LogP contribution in [-0.4, -0.2) is 22.6 Å². The SMILES string of the molecule is CP1C=Cc2ncc(-c3cc[n+](CCCC(=O)OCc4ccccc4)cc3)nc2N=N1. The van der Waals surface area contributed by atoms with Gasteiger partial charge in [0.05, 0.1) is 26.4 Å². The number of benzene rings is 1. The molecule has 0 saturated heterocycles. The summed E-state index contributed by atoms with van der Waals surface area (Å²) in [6, 6.07) is 13.7. The Kier molecular flexibility index (Phi) is 6.85. The molecular formula is C23H23N5O2P+. The molecule has 2 aromatic heterocycles. The first kappa shape index (κ1) is 20.9. The van der Waals surface area contributed by atoms with E-state index >= 15 is 0 Å². The van der Waals surface area contributed by atoms with Crippen LogP contribution in [0.1, 0.15) is 24.1 Å². The van der Waals surface area contributed by atoms with Crippen molar-refractivity contribution >= 4 is 25.9 Å². The zero-order valence-corrected chi connectivity index (χ0v) is 18.2. The number of carbonyl (C=O) groups is 1. The molecule has 0 bridgehead atoms. The van der Waals surface area contributed by atoms with E-state index in [1.54, 1.807) is 6.20 Å². The molecule has 31 heavy (non-hydrogen) atoms. The largest absolute Gasteiger partial charge is 0.461 e. The number of aromatic nitrogens is 3. The van der Waals surface area contributed by atoms with Crippen LogP contribution in [0.3, 0.4) is 0 Å². The first-order valence-corrected chi connectivity index (χ1v) is 11.9. The number of carbonyl (C=O) groups excluding carboxylic acids is 1. The minimum absolute atomic E-state index is 0.180. The highest BCUT2D eigenvalue weighted by Gasteiger charge is 2.12. The normalized spacial score (nSPS) is 14.7. The Hall–Kier alpha value is -3.31. The molecule has 1 aromatic carbocycles. The van der Waals surface area contributed by atoms with Crippen molar-refractivity contribution in [2.45, 2.75) is 26.0 Å². The quantitative estimate of drug-likeness (QED) is 0.297. The van der Waals surface area contributed by atoms with Gasteiger partial charge in [-0.1, -0.05) is 30.3 Å². The van der Waals surface area contributed by atoms with Crippen LogP contribution in [0.4, 0.5) is 5.82 Å². The highest BCUT2D eigenvalue weighted by molar-refractivity contribution is 7.58. The summed E-state index contributed by atoms with van der Waals surface area (Å²) in [4.78, 5) is 25.3. The maximum atomic E-state index is 11.9. The predicted molar refractivity (Wildman–Crippen MR) is 120 cm³/mol. The molecule has 3 aromatic rings. The Morgan fingerprint density at radius 2 is 1.94 bits per heavy atom. The first-order chi connectivity index (χ1) is 15.2. The molecule has 3 heterocycles. The van der Waals surface area contributed by atoms with Crippen LogP contribution in [0, 0.1) is 0 Å². The summed E-state index contributed by atoms with van der Waals surface area (Å²) in [6.45, 7) is 3.08. The molecule has 0 amide bonds. The molecule has 0 radical (unpaired) electrons. The summed E-state index contributed by atoms with van der Waals surface area (Å²) in [5.74, 6) is 2.38. The lowest BCUT2D eigenvalue weighted by atomic mass is 10.2. The topological polar surface area (TPSA) is 80.7 Å². The lowest BCUT2D eigenvalue weighted by Gasteiger charge is -2.04. The van der Waals surface area contributed by atoms with E-state index in [4.69, 9.17) is 4.74 Å². The average Bonchev–Trinajstić information content (AvgIpc) is 3.00. The Bertz CT molecular complexity index is 1100. The molecule has 1 atom stereocenters. The van der Waals surface area contributed by atoms with Gasteiger partial charge in [0.2, 0.25) is 5.82 Å². The van der Waals surface area contributed by atoms with Crippen molar-refractivity contribution in [2.75, 3.05) is 6.66 Å². The van der Waals surface area contributed by atoms with Gasteiger partial charge in [-0.2, -0.15) is 4.88 Å². The molecule has 1 unspecified atom stereocenters. The molecule has 8 heteroatoms. The van der Waals surface area contributed by atoms with Crippen LogP contribution < -0.4 is 4.57 Å². The highest BCUT2D eigenvalue weighted by Crippen LogP contribution is 2.39. The second kappa shape index (κ2) is 10.1. The van der Waals surface area contributed by atoms with E-state index in [9.17, 15) is 4.79 Å². The van der Waals surface area contributed by atoms with Crippen molar-refractivity contribution in [3.05, 3.63) is 78.1 Å². The zero-order chi connectivity index (χ0) is 21.5. The van der Waals surface area contributed by atoms with Crippen LogP contribution >= 0.6 is 8.07 Å². The van der Waals surface area contributed by atoms with Gasteiger partial charge in [0.15, 0.2) is 12.4 Å². The average molecular weight is 432 g/mol. The molecule has 4 rings (SSSR count). The van der Waals surface area contributed by atoms with Gasteiger partial charge in [-0.05, 0) is 24.1 Å². The predicted octanol–water partition coefficient (Wildman–Crippen LogP) is 5.05. The number of pyridine rings is 1. The van der Waals surface area contributed by atoms with Gasteiger partial charge in [-0.3, -0.25) is 9.78 Å². The second-order valence-corrected chi connectivity index (χ2v) is 8.74. The Morgan fingerprint density at radius 1 is 1.13 bits per heavy atom. The van der Waals surface area contributed by atoms with E-state index in [1.165, 1.54) is 0 Å². The maximum absolute atomic E-state index is 11.9. The fourth-order valence-corrected chi connectivity index (χ4v) is 3.68. The third-order valence-corrected chi connectivity index (χ3v) is 5.69. The summed E-state index contributed by atoms with van der Waals surface area (Å²) in [5.41, 5.74) is 3.44. The maximum Gasteiger partial charge on any atom is 0.306 e. The van der Waals surface area contributed by atoms with Gasteiger partial charge in [0.25, 0.3) is 0 Å². The molecular weight excluding hydrogens is 409 g/mol. The van der Waals surface area contributed by atoms with Crippen LogP contribution in [0.25, 0.3) is 17.3 Å². The van der Waals surface area contributed by atoms with Gasteiger partial charge in [-0.25, -0.2) is 9.55 Å². The van der Waals surface area contributed by atoms with Crippen LogP contribution in [0.5, 0.6) is 0 Å². The molecule has 0 fully saturated rings. The van der Waals surface area contributed by atoms with Crippen LogP contribution in [0.2, 0.25) is 0 Å². The van der Waals surface area contributed by atoms with Crippen LogP contribution in [-0.2, 0) is 22.7 Å². The van der Waals surface area contributed by atoms with Crippen molar-refractivity contribution in [1.29, 1.82) is 0 Å². The number of esters is 1. The Labute approximate surface area is 182 Å². The number of rotatable bonds is 7. The standard InChI is InChI=1S/C23H23N5O2P/c1-31-15-11-20-23(26-27-31)25-21(16-24-20)19-9-13-28(14-10-19)12-5-8-22(29)30-17-18-6-3-2-4-7-18/h2-4,6-7,9-11,13-16H,5,8,12,17H2,1H3/q+1. The molecule has 0 aliphatic carbocycles. The van der Waals surface area contributed by atoms with Gasteiger partial charge in [0, 0.05) is 24.1 Å². The summed E-state index contributed by atoms with van der Waals surface area (Å²) >= 11 is 0. The van der Waals surface area contributed by atoms with Gasteiger partial charge in [-0.15, -0.1) is 5.11 Å². The number of aryl methyl sites for hydroxylation is 1. The zero-order valence-electron chi connectivity index (χ0n) is 17.3. The second-order valence-electron chi connectivity index (χ2n) is 7.12. The molecule has 1 aliphatic heterocycles. The molecule has 7 nitrogen and oxygen atoms in total. The summed E-state index contributed by atoms with van der Waals surface area (Å²) in [7, 11) is -0.597. The van der Waals surface area contributed by atoms with E-state index in [-0.39, 0.29) is 5.97 Å². The van der Waals surface area contributed by atoms with Gasteiger partial charge < -0.3 is 4.74 Å². The smallest absolute Gasteiger partial charge is 0.306 e. The Morgan fingerprint density at radius 3 is 2.74 bits per heavy atom. The van der Waals surface area contributed by atoms with Crippen molar-refractivity contribution < 1.29 is 14.1 Å². The van der Waals surface area contributed by atoms with E-state index in [2.05, 4.69) is 20.0 Å². The monoisotopic (exact) mass is 432 g/mol. The molecule has 1 aliphatic rings. The van der Waals surface area contributed by atoms with Crippen molar-refractivity contribution in [3.8, 4) is 11.3 Å². The molecule has 156 valence electrons. The highest BCUT2D eigenvalue weighted by atomic mass is 31.1. The summed E-state index contributed by atoms with van der Waals surface area (Å²) in [5, 5.41) is 4.23. The molecule has 0 saturated carbocycles. The van der Waals surface area contributed by atoms with Crippen molar-refractivity contribution in [1.82, 2.24) is 9.97 Å². The van der Waals surface area contributed by atoms with E-state index < -0.39 is 8.07 Å². The van der Waals surface area contributed by atoms with Gasteiger partial charge in [0.1, 0.15) is 18.8 Å². The Balaban J connectivity index is 1.29. The van der Waals surface area contributed by atoms with Gasteiger partial charge >= 0.3 is 5.97 Å². The lowest BCUT2D eigenvalue weighted by molar-refractivity contribution is -0.697. The minimum Gasteiger partial charge on any atom is -0.461 e. The minimum atomic E-state index is -0.597. The number of fused-ring (bicyclic) bond motifs is 1. The molecule has 0 spiro atoms. The van der Waals surface area contributed by atoms with Crippen molar-refractivity contribution in [2.24, 2.45) is 10.00 Å². The van der Waals surface area contributed by atoms with Crippen molar-refractivity contribution in [3.63, 3.8) is 0 Å². The first-order valence-electron chi connectivity index (χ1n) is 10.1. The van der Waals surface area contributed by atoms with E-state index in [0.29, 0.717) is 25.3 Å².